The van der Waals surface area contributed by atoms with Gasteiger partial charge in [0, 0.05) is 5.02 Å². The summed E-state index contributed by atoms with van der Waals surface area (Å²) >= 11 is 5.72. The average Bonchev–Trinajstić information content (AvgIpc) is 2.42. The molecule has 0 saturated heterocycles. The summed E-state index contributed by atoms with van der Waals surface area (Å²) in [5, 5.41) is 0.217. The van der Waals surface area contributed by atoms with E-state index in [0.29, 0.717) is 0 Å². The molecule has 8 heteroatoms. The first-order chi connectivity index (χ1) is 9.44. The van der Waals surface area contributed by atoms with E-state index >= 15 is 0 Å². The summed E-state index contributed by atoms with van der Waals surface area (Å²) in [6.07, 6.45) is 0. The minimum absolute atomic E-state index is 0.0955. The van der Waals surface area contributed by atoms with Gasteiger partial charge in [-0.3, -0.25) is 10.6 Å². The molecule has 106 valence electrons. The second-order valence-electron chi connectivity index (χ2n) is 3.87. The van der Waals surface area contributed by atoms with E-state index in [1.807, 2.05) is 0 Å². The fraction of sp³-hybridized carbons (Fsp3) is 0. The molecule has 0 spiro atoms. The number of sulfonamides is 1. The van der Waals surface area contributed by atoms with Gasteiger partial charge in [-0.15, -0.1) is 0 Å². The van der Waals surface area contributed by atoms with Crippen LogP contribution in [0.3, 0.4) is 0 Å². The Labute approximate surface area is 120 Å². The van der Waals surface area contributed by atoms with Crippen molar-refractivity contribution in [1.82, 2.24) is 0 Å². The number of nitrogen functional groups attached to an aromatic ring is 1. The molecule has 5 nitrogen and oxygen atoms in total. The number of halogens is 2. The Kier molecular flexibility index (Phi) is 4.12. The smallest absolute Gasteiger partial charge is 0.264 e. The molecule has 0 saturated carbocycles. The number of nitrogens with one attached hydrogen (secondary N) is 2. The lowest BCUT2D eigenvalue weighted by atomic mass is 10.3. The van der Waals surface area contributed by atoms with Crippen LogP contribution >= 0.6 is 11.6 Å². The first kappa shape index (κ1) is 14.6. The van der Waals surface area contributed by atoms with Gasteiger partial charge in [-0.2, -0.15) is 0 Å². The summed E-state index contributed by atoms with van der Waals surface area (Å²) in [6, 6.07) is 9.57. The fourth-order valence-electron chi connectivity index (χ4n) is 1.60. The number of hydrogen-bond acceptors (Lipinski definition) is 4. The van der Waals surface area contributed by atoms with Crippen LogP contribution in [0.5, 0.6) is 0 Å². The standard InChI is InChI=1S/C12H11ClFN3O2S/c13-8-5-6-9(14)11(7-8)17-20(18,19)12-4-2-1-3-10(12)16-15/h1-7,16-17H,15H2. The van der Waals surface area contributed by atoms with Crippen LogP contribution in [0, 0.1) is 5.82 Å². The summed E-state index contributed by atoms with van der Waals surface area (Å²) in [4.78, 5) is -0.0955. The Morgan fingerprint density at radius 3 is 2.50 bits per heavy atom. The van der Waals surface area contributed by atoms with E-state index in [9.17, 15) is 12.8 Å². The van der Waals surface area contributed by atoms with Gasteiger partial charge in [0.15, 0.2) is 0 Å². The largest absolute Gasteiger partial charge is 0.323 e. The molecule has 0 heterocycles. The van der Waals surface area contributed by atoms with Crippen molar-refractivity contribution in [2.75, 3.05) is 10.1 Å². The van der Waals surface area contributed by atoms with Gasteiger partial charge in [-0.25, -0.2) is 12.8 Å². The molecule has 20 heavy (non-hydrogen) atoms. The summed E-state index contributed by atoms with van der Waals surface area (Å²) in [5.41, 5.74) is 2.24. The Bertz CT molecular complexity index is 737. The molecule has 2 aromatic rings. The zero-order valence-corrected chi connectivity index (χ0v) is 11.7. The van der Waals surface area contributed by atoms with Gasteiger partial charge in [0.05, 0.1) is 11.4 Å². The second-order valence-corrected chi connectivity index (χ2v) is 5.96. The molecule has 0 atom stereocenters. The normalized spacial score (nSPS) is 11.2. The maximum Gasteiger partial charge on any atom is 0.264 e. The first-order valence-corrected chi connectivity index (χ1v) is 7.33. The number of hydrogen-bond donors (Lipinski definition) is 3. The first-order valence-electron chi connectivity index (χ1n) is 5.47. The quantitative estimate of drug-likeness (QED) is 0.598. The van der Waals surface area contributed by atoms with E-state index in [4.69, 9.17) is 17.4 Å². The molecule has 0 fully saturated rings. The van der Waals surface area contributed by atoms with Gasteiger partial charge in [-0.1, -0.05) is 23.7 Å². The Morgan fingerprint density at radius 1 is 1.10 bits per heavy atom. The van der Waals surface area contributed by atoms with E-state index in [0.717, 1.165) is 6.07 Å². The maximum atomic E-state index is 13.6. The maximum absolute atomic E-state index is 13.6. The molecule has 0 unspecified atom stereocenters. The lowest BCUT2D eigenvalue weighted by Crippen LogP contribution is -2.18. The van der Waals surface area contributed by atoms with Gasteiger partial charge >= 0.3 is 0 Å². The molecule has 0 aliphatic rings. The predicted molar refractivity (Wildman–Crippen MR) is 76.5 cm³/mol. The van der Waals surface area contributed by atoms with Crippen molar-refractivity contribution in [2.24, 2.45) is 5.84 Å². The minimum Gasteiger partial charge on any atom is -0.323 e. The van der Waals surface area contributed by atoms with Gasteiger partial charge in [0.25, 0.3) is 10.0 Å². The van der Waals surface area contributed by atoms with Crippen LogP contribution in [0.1, 0.15) is 0 Å². The molecular formula is C12H11ClFN3O2S. The molecule has 2 aromatic carbocycles. The number of para-hydroxylation sites is 1. The van der Waals surface area contributed by atoms with Crippen molar-refractivity contribution in [3.8, 4) is 0 Å². The third kappa shape index (κ3) is 3.01. The minimum atomic E-state index is -3.99. The monoisotopic (exact) mass is 315 g/mol. The van der Waals surface area contributed by atoms with Crippen molar-refractivity contribution in [2.45, 2.75) is 4.90 Å². The molecule has 0 radical (unpaired) electrons. The van der Waals surface area contributed by atoms with E-state index in [1.165, 1.54) is 30.3 Å². The highest BCUT2D eigenvalue weighted by atomic mass is 35.5. The number of nitrogens with two attached hydrogens (primary N) is 1. The summed E-state index contributed by atoms with van der Waals surface area (Å²) in [6.45, 7) is 0. The van der Waals surface area contributed by atoms with E-state index in [2.05, 4.69) is 10.1 Å². The average molecular weight is 316 g/mol. The topological polar surface area (TPSA) is 84.2 Å². The highest BCUT2D eigenvalue weighted by Crippen LogP contribution is 2.25. The second kappa shape index (κ2) is 5.66. The van der Waals surface area contributed by atoms with Crippen LogP contribution in [-0.4, -0.2) is 8.42 Å². The van der Waals surface area contributed by atoms with Crippen LogP contribution in [0.2, 0.25) is 5.02 Å². The van der Waals surface area contributed by atoms with Crippen LogP contribution in [-0.2, 0) is 10.0 Å². The highest BCUT2D eigenvalue weighted by molar-refractivity contribution is 7.92. The molecule has 4 N–H and O–H groups in total. The number of hydrazine groups is 1. The van der Waals surface area contributed by atoms with Crippen LogP contribution < -0.4 is 16.0 Å². The van der Waals surface area contributed by atoms with Gasteiger partial charge < -0.3 is 5.43 Å². The number of benzene rings is 2. The zero-order valence-electron chi connectivity index (χ0n) is 10.1. The van der Waals surface area contributed by atoms with Crippen molar-refractivity contribution >= 4 is 33.0 Å². The Hall–Kier alpha value is -1.83. The van der Waals surface area contributed by atoms with Crippen LogP contribution in [0.15, 0.2) is 47.4 Å². The summed E-state index contributed by atoms with van der Waals surface area (Å²) in [5.74, 6) is 4.53. The molecule has 0 aliphatic carbocycles. The van der Waals surface area contributed by atoms with E-state index in [-0.39, 0.29) is 21.3 Å². The summed E-state index contributed by atoms with van der Waals surface area (Å²) < 4.78 is 40.2. The van der Waals surface area contributed by atoms with E-state index in [1.54, 1.807) is 6.07 Å². The van der Waals surface area contributed by atoms with Crippen molar-refractivity contribution < 1.29 is 12.8 Å². The molecule has 2 rings (SSSR count). The van der Waals surface area contributed by atoms with Crippen molar-refractivity contribution in [3.05, 3.63) is 53.3 Å². The molecular weight excluding hydrogens is 305 g/mol. The third-order valence-electron chi connectivity index (χ3n) is 2.50. The Balaban J connectivity index is 2.43. The van der Waals surface area contributed by atoms with Gasteiger partial charge in [-0.05, 0) is 30.3 Å². The lowest BCUT2D eigenvalue weighted by molar-refractivity contribution is 0.599. The Morgan fingerprint density at radius 2 is 1.80 bits per heavy atom. The molecule has 0 amide bonds. The highest BCUT2D eigenvalue weighted by Gasteiger charge is 2.19. The third-order valence-corrected chi connectivity index (χ3v) is 4.16. The van der Waals surface area contributed by atoms with Gasteiger partial charge in [0.1, 0.15) is 10.7 Å². The lowest BCUT2D eigenvalue weighted by Gasteiger charge is -2.12. The zero-order chi connectivity index (χ0) is 14.8. The molecule has 0 aromatic heterocycles. The van der Waals surface area contributed by atoms with Crippen molar-refractivity contribution in [3.63, 3.8) is 0 Å². The number of anilines is 2. The van der Waals surface area contributed by atoms with Crippen molar-refractivity contribution in [1.29, 1.82) is 0 Å². The van der Waals surface area contributed by atoms with Gasteiger partial charge in [0.2, 0.25) is 0 Å². The van der Waals surface area contributed by atoms with Crippen LogP contribution in [0.25, 0.3) is 0 Å². The molecule has 0 aliphatic heterocycles. The predicted octanol–water partition coefficient (Wildman–Crippen LogP) is 2.57. The number of rotatable bonds is 4. The van der Waals surface area contributed by atoms with E-state index < -0.39 is 15.8 Å². The summed E-state index contributed by atoms with van der Waals surface area (Å²) in [7, 11) is -3.99. The fourth-order valence-corrected chi connectivity index (χ4v) is 3.00. The molecule has 0 bridgehead atoms. The van der Waals surface area contributed by atoms with Crippen LogP contribution in [0.4, 0.5) is 15.8 Å². The SMILES string of the molecule is NNc1ccccc1S(=O)(=O)Nc1cc(Cl)ccc1F.